The topological polar surface area (TPSA) is 110 Å². The van der Waals surface area contributed by atoms with E-state index in [0.717, 1.165) is 7.11 Å². The molecule has 0 spiro atoms. The predicted molar refractivity (Wildman–Crippen MR) is 64.8 cm³/mol. The van der Waals surface area contributed by atoms with Crippen LogP contribution in [0.5, 0.6) is 0 Å². The first kappa shape index (κ1) is 13.7. The number of hydrogen-bond donors (Lipinski definition) is 2. The van der Waals surface area contributed by atoms with Gasteiger partial charge in [-0.15, -0.1) is 0 Å². The van der Waals surface area contributed by atoms with Gasteiger partial charge in [0.05, 0.1) is 13.0 Å². The van der Waals surface area contributed by atoms with Gasteiger partial charge in [0.15, 0.2) is 5.92 Å². The zero-order valence-corrected chi connectivity index (χ0v) is 10.5. The van der Waals surface area contributed by atoms with Gasteiger partial charge in [0.25, 0.3) is 5.91 Å². The predicted octanol–water partition coefficient (Wildman–Crippen LogP) is -0.0860. The van der Waals surface area contributed by atoms with Crippen molar-refractivity contribution in [2.45, 2.75) is 5.92 Å². The molecule has 104 valence electrons. The van der Waals surface area contributed by atoms with Gasteiger partial charge in [-0.1, -0.05) is 18.2 Å². The second-order valence-electron chi connectivity index (χ2n) is 4.22. The first-order valence-electron chi connectivity index (χ1n) is 5.72. The zero-order chi connectivity index (χ0) is 14.9. The molecule has 2 N–H and O–H groups in total. The van der Waals surface area contributed by atoms with Crippen LogP contribution in [0.3, 0.4) is 0 Å². The van der Waals surface area contributed by atoms with Crippen molar-refractivity contribution in [1.82, 2.24) is 5.32 Å². The Bertz CT molecular complexity index is 609. The molecule has 7 heteroatoms. The number of nitrogens with one attached hydrogen (secondary N) is 1. The molecule has 0 fully saturated rings. The Morgan fingerprint density at radius 2 is 1.95 bits per heavy atom. The minimum Gasteiger partial charge on any atom is -0.481 e. The number of carbonyl (C=O) groups is 4. The lowest BCUT2D eigenvalue weighted by atomic mass is 9.80. The molecule has 2 rings (SSSR count). The Labute approximate surface area is 113 Å². The molecule has 0 radical (unpaired) electrons. The molecule has 20 heavy (non-hydrogen) atoms. The van der Waals surface area contributed by atoms with E-state index in [0.29, 0.717) is 0 Å². The second kappa shape index (κ2) is 5.12. The number of ether oxygens (including phenoxy) is 1. The third-order valence-corrected chi connectivity index (χ3v) is 3.11. The molecule has 1 aromatic carbocycles. The zero-order valence-electron chi connectivity index (χ0n) is 10.5. The van der Waals surface area contributed by atoms with E-state index in [2.05, 4.69) is 10.1 Å². The highest BCUT2D eigenvalue weighted by atomic mass is 16.5. The Morgan fingerprint density at radius 3 is 2.55 bits per heavy atom. The number of esters is 1. The molecule has 7 nitrogen and oxygen atoms in total. The normalized spacial score (nSPS) is 18.8. The van der Waals surface area contributed by atoms with Crippen molar-refractivity contribution in [3.8, 4) is 0 Å². The number of carboxylic acids is 1. The lowest BCUT2D eigenvalue weighted by Gasteiger charge is -2.27. The quantitative estimate of drug-likeness (QED) is 0.454. The van der Waals surface area contributed by atoms with E-state index < -0.39 is 35.6 Å². The van der Waals surface area contributed by atoms with Crippen LogP contribution in [-0.4, -0.2) is 36.0 Å². The third kappa shape index (κ3) is 2.13. The summed E-state index contributed by atoms with van der Waals surface area (Å²) in [7, 11) is 1.04. The standard InChI is InChI=1S/C13H11NO6/c1-20-13(19)9(12(17)18)8-6-4-2-3-5-7(6)10(15)14-11(8)16/h2-5,8-9H,1H3,(H,17,18)(H,14,15,16). The van der Waals surface area contributed by atoms with Crippen LogP contribution in [0.2, 0.25) is 0 Å². The molecular formula is C13H11NO6. The minimum atomic E-state index is -1.70. The Hall–Kier alpha value is -2.70. The number of methoxy groups -OCH3 is 1. The first-order chi connectivity index (χ1) is 9.47. The number of fused-ring (bicyclic) bond motifs is 1. The van der Waals surface area contributed by atoms with Gasteiger partial charge in [-0.3, -0.25) is 24.5 Å². The maximum absolute atomic E-state index is 11.9. The van der Waals surface area contributed by atoms with E-state index >= 15 is 0 Å². The number of carboxylic acid groups (broad SMARTS) is 1. The van der Waals surface area contributed by atoms with Gasteiger partial charge < -0.3 is 9.84 Å². The van der Waals surface area contributed by atoms with Gasteiger partial charge >= 0.3 is 11.9 Å². The molecule has 0 aromatic heterocycles. The number of amides is 2. The summed E-state index contributed by atoms with van der Waals surface area (Å²) in [4.78, 5) is 46.5. The summed E-state index contributed by atoms with van der Waals surface area (Å²) in [6.45, 7) is 0. The molecule has 0 aliphatic carbocycles. The van der Waals surface area contributed by atoms with Crippen molar-refractivity contribution in [2.75, 3.05) is 7.11 Å². The van der Waals surface area contributed by atoms with Gasteiger partial charge in [-0.2, -0.15) is 0 Å². The first-order valence-corrected chi connectivity index (χ1v) is 5.72. The summed E-state index contributed by atoms with van der Waals surface area (Å²) in [5, 5.41) is 11.2. The SMILES string of the molecule is COC(=O)C(C(=O)O)C1C(=O)NC(=O)c2ccccc21. The maximum Gasteiger partial charge on any atom is 0.321 e. The number of carbonyl (C=O) groups excluding carboxylic acids is 3. The van der Waals surface area contributed by atoms with Crippen LogP contribution < -0.4 is 5.32 Å². The van der Waals surface area contributed by atoms with Gasteiger partial charge in [0.2, 0.25) is 5.91 Å². The monoisotopic (exact) mass is 277 g/mol. The molecule has 1 heterocycles. The van der Waals surface area contributed by atoms with E-state index in [1.54, 1.807) is 12.1 Å². The van der Waals surface area contributed by atoms with E-state index in [1.807, 2.05) is 0 Å². The highest BCUT2D eigenvalue weighted by Crippen LogP contribution is 2.32. The van der Waals surface area contributed by atoms with E-state index in [1.165, 1.54) is 12.1 Å². The van der Waals surface area contributed by atoms with Crippen molar-refractivity contribution in [3.63, 3.8) is 0 Å². The van der Waals surface area contributed by atoms with Crippen molar-refractivity contribution >= 4 is 23.8 Å². The molecule has 0 saturated carbocycles. The summed E-state index contributed by atoms with van der Waals surface area (Å²) in [5.41, 5.74) is 0.381. The Balaban J connectivity index is 2.57. The third-order valence-electron chi connectivity index (χ3n) is 3.11. The van der Waals surface area contributed by atoms with Crippen LogP contribution >= 0.6 is 0 Å². The number of benzene rings is 1. The molecule has 1 aliphatic rings. The lowest BCUT2D eigenvalue weighted by molar-refractivity contribution is -0.160. The van der Waals surface area contributed by atoms with Crippen LogP contribution in [0.15, 0.2) is 24.3 Å². The Kier molecular flexibility index (Phi) is 3.51. The average Bonchev–Trinajstić information content (AvgIpc) is 2.42. The van der Waals surface area contributed by atoms with E-state index in [4.69, 9.17) is 0 Å². The van der Waals surface area contributed by atoms with Gasteiger partial charge in [0.1, 0.15) is 0 Å². The molecule has 2 unspecified atom stereocenters. The fourth-order valence-corrected chi connectivity index (χ4v) is 2.21. The number of hydrogen-bond acceptors (Lipinski definition) is 5. The molecule has 0 bridgehead atoms. The van der Waals surface area contributed by atoms with Crippen LogP contribution in [0.1, 0.15) is 21.8 Å². The van der Waals surface area contributed by atoms with Crippen LogP contribution in [0.25, 0.3) is 0 Å². The van der Waals surface area contributed by atoms with Crippen LogP contribution in [0.4, 0.5) is 0 Å². The summed E-state index contributed by atoms with van der Waals surface area (Å²) < 4.78 is 4.43. The second-order valence-corrected chi connectivity index (χ2v) is 4.22. The average molecular weight is 277 g/mol. The van der Waals surface area contributed by atoms with Crippen molar-refractivity contribution in [3.05, 3.63) is 35.4 Å². The van der Waals surface area contributed by atoms with Crippen molar-refractivity contribution in [2.24, 2.45) is 5.92 Å². The highest BCUT2D eigenvalue weighted by Gasteiger charge is 2.45. The van der Waals surface area contributed by atoms with E-state index in [-0.39, 0.29) is 11.1 Å². The van der Waals surface area contributed by atoms with Crippen molar-refractivity contribution in [1.29, 1.82) is 0 Å². The molecule has 1 aromatic rings. The van der Waals surface area contributed by atoms with Gasteiger partial charge in [-0.05, 0) is 11.6 Å². The van der Waals surface area contributed by atoms with Crippen molar-refractivity contribution < 1.29 is 29.0 Å². The molecule has 2 atom stereocenters. The van der Waals surface area contributed by atoms with Crippen LogP contribution in [0, 0.1) is 5.92 Å². The van der Waals surface area contributed by atoms with Gasteiger partial charge in [-0.25, -0.2) is 0 Å². The molecule has 0 saturated heterocycles. The van der Waals surface area contributed by atoms with Crippen LogP contribution in [-0.2, 0) is 19.1 Å². The molecular weight excluding hydrogens is 266 g/mol. The summed E-state index contributed by atoms with van der Waals surface area (Å²) >= 11 is 0. The van der Waals surface area contributed by atoms with Gasteiger partial charge in [0, 0.05) is 5.56 Å². The maximum atomic E-state index is 11.9. The fraction of sp³-hybridized carbons (Fsp3) is 0.231. The number of aliphatic carboxylic acids is 1. The minimum absolute atomic E-state index is 0.173. The number of imide groups is 1. The smallest absolute Gasteiger partial charge is 0.321 e. The summed E-state index contributed by atoms with van der Waals surface area (Å²) in [5.74, 6) is -6.96. The molecule has 1 aliphatic heterocycles. The summed E-state index contributed by atoms with van der Waals surface area (Å²) in [6.07, 6.45) is 0. The highest BCUT2D eigenvalue weighted by molar-refractivity contribution is 6.14. The lowest BCUT2D eigenvalue weighted by Crippen LogP contribution is -2.46. The largest absolute Gasteiger partial charge is 0.481 e. The van der Waals surface area contributed by atoms with E-state index in [9.17, 15) is 24.3 Å². The fourth-order valence-electron chi connectivity index (χ4n) is 2.21. The Morgan fingerprint density at radius 1 is 1.30 bits per heavy atom. The molecule has 2 amide bonds. The number of rotatable bonds is 3. The summed E-state index contributed by atoms with van der Waals surface area (Å²) in [6, 6.07) is 6.06.